The number of thiophene rings is 1. The molecule has 2 rings (SSSR count). The SMILES string of the molecule is O=P1(Oc2cccs2)OCCO1. The van der Waals surface area contributed by atoms with Crippen molar-refractivity contribution in [2.45, 2.75) is 0 Å². The van der Waals surface area contributed by atoms with E-state index in [0.717, 1.165) is 0 Å². The largest absolute Gasteiger partial charge is 0.530 e. The maximum atomic E-state index is 11.4. The average Bonchev–Trinajstić information content (AvgIpc) is 2.62. The summed E-state index contributed by atoms with van der Waals surface area (Å²) in [5, 5.41) is 2.39. The number of phosphoric acid groups is 1. The van der Waals surface area contributed by atoms with Gasteiger partial charge in [-0.05, 0) is 17.5 Å². The van der Waals surface area contributed by atoms with Crippen molar-refractivity contribution in [2.75, 3.05) is 13.2 Å². The second kappa shape index (κ2) is 3.18. The topological polar surface area (TPSA) is 44.8 Å². The van der Waals surface area contributed by atoms with Crippen molar-refractivity contribution in [3.05, 3.63) is 17.5 Å². The molecule has 0 aliphatic carbocycles. The van der Waals surface area contributed by atoms with Crippen molar-refractivity contribution in [3.63, 3.8) is 0 Å². The standard InChI is InChI=1S/C6H7O4PS/c7-11(8-3-4-9-11)10-6-2-1-5-12-6/h1-2,5H,3-4H2. The predicted molar refractivity (Wildman–Crippen MR) is 44.5 cm³/mol. The van der Waals surface area contributed by atoms with Crippen LogP contribution in [-0.4, -0.2) is 13.2 Å². The van der Waals surface area contributed by atoms with Gasteiger partial charge in [0, 0.05) is 0 Å². The summed E-state index contributed by atoms with van der Waals surface area (Å²) in [6, 6.07) is 3.53. The maximum absolute atomic E-state index is 11.4. The molecule has 1 saturated heterocycles. The summed E-state index contributed by atoms with van der Waals surface area (Å²) in [5.74, 6) is 0. The van der Waals surface area contributed by atoms with Gasteiger partial charge in [-0.25, -0.2) is 4.57 Å². The molecule has 1 fully saturated rings. The van der Waals surface area contributed by atoms with E-state index >= 15 is 0 Å². The molecule has 1 aliphatic rings. The lowest BCUT2D eigenvalue weighted by Crippen LogP contribution is -1.89. The van der Waals surface area contributed by atoms with Gasteiger partial charge in [0.05, 0.1) is 13.2 Å². The molecule has 1 aromatic heterocycles. The molecule has 0 amide bonds. The zero-order valence-electron chi connectivity index (χ0n) is 6.13. The zero-order valence-corrected chi connectivity index (χ0v) is 7.85. The van der Waals surface area contributed by atoms with Gasteiger partial charge in [0.25, 0.3) is 0 Å². The van der Waals surface area contributed by atoms with E-state index in [2.05, 4.69) is 0 Å². The monoisotopic (exact) mass is 206 g/mol. The third-order valence-electron chi connectivity index (χ3n) is 1.28. The molecule has 0 unspecified atom stereocenters. The van der Waals surface area contributed by atoms with Crippen LogP contribution in [0.25, 0.3) is 0 Å². The lowest BCUT2D eigenvalue weighted by atomic mass is 10.7. The quantitative estimate of drug-likeness (QED) is 0.696. The van der Waals surface area contributed by atoms with Gasteiger partial charge in [-0.15, -0.1) is 11.3 Å². The van der Waals surface area contributed by atoms with E-state index in [0.29, 0.717) is 18.3 Å². The lowest BCUT2D eigenvalue weighted by molar-refractivity contribution is 0.272. The molecule has 0 bridgehead atoms. The van der Waals surface area contributed by atoms with E-state index in [9.17, 15) is 4.57 Å². The van der Waals surface area contributed by atoms with Crippen LogP contribution in [0.3, 0.4) is 0 Å². The van der Waals surface area contributed by atoms with Crippen molar-refractivity contribution in [2.24, 2.45) is 0 Å². The van der Waals surface area contributed by atoms with Crippen LogP contribution in [0.2, 0.25) is 0 Å². The first-order chi connectivity index (χ1) is 5.79. The molecule has 0 aromatic carbocycles. The minimum absolute atomic E-state index is 0.336. The summed E-state index contributed by atoms with van der Waals surface area (Å²) < 4.78 is 26.1. The second-order valence-corrected chi connectivity index (χ2v) is 4.64. The first-order valence-corrected chi connectivity index (χ1v) is 5.75. The van der Waals surface area contributed by atoms with Crippen molar-refractivity contribution in [1.82, 2.24) is 0 Å². The molecule has 0 saturated carbocycles. The Hall–Kier alpha value is -0.350. The van der Waals surface area contributed by atoms with Crippen LogP contribution in [0.4, 0.5) is 0 Å². The summed E-state index contributed by atoms with van der Waals surface area (Å²) in [5.41, 5.74) is 0. The molecule has 0 radical (unpaired) electrons. The van der Waals surface area contributed by atoms with Crippen molar-refractivity contribution >= 4 is 19.2 Å². The molecule has 12 heavy (non-hydrogen) atoms. The predicted octanol–water partition coefficient (Wildman–Crippen LogP) is 2.28. The van der Waals surface area contributed by atoms with Gasteiger partial charge in [0.2, 0.25) is 0 Å². The number of hydrogen-bond acceptors (Lipinski definition) is 5. The van der Waals surface area contributed by atoms with Crippen LogP contribution >= 0.6 is 19.2 Å². The molecule has 66 valence electrons. The van der Waals surface area contributed by atoms with E-state index in [1.807, 2.05) is 11.4 Å². The maximum Gasteiger partial charge on any atom is 0.530 e. The van der Waals surface area contributed by atoms with E-state index in [1.54, 1.807) is 6.07 Å². The average molecular weight is 206 g/mol. The molecule has 1 aromatic rings. The minimum atomic E-state index is -3.25. The van der Waals surface area contributed by atoms with Crippen LogP contribution in [-0.2, 0) is 13.6 Å². The highest BCUT2D eigenvalue weighted by Gasteiger charge is 2.33. The first-order valence-electron chi connectivity index (χ1n) is 3.41. The van der Waals surface area contributed by atoms with E-state index < -0.39 is 7.82 Å². The van der Waals surface area contributed by atoms with Crippen LogP contribution in [0.1, 0.15) is 0 Å². The molecule has 0 spiro atoms. The fourth-order valence-electron chi connectivity index (χ4n) is 0.814. The Labute approximate surface area is 73.7 Å². The van der Waals surface area contributed by atoms with Gasteiger partial charge in [-0.1, -0.05) is 0 Å². The van der Waals surface area contributed by atoms with Gasteiger partial charge in [0.1, 0.15) is 0 Å². The van der Waals surface area contributed by atoms with E-state index in [1.165, 1.54) is 11.3 Å². The van der Waals surface area contributed by atoms with Crippen molar-refractivity contribution in [3.8, 4) is 5.06 Å². The molecule has 2 heterocycles. The Morgan fingerprint density at radius 3 is 2.83 bits per heavy atom. The van der Waals surface area contributed by atoms with Gasteiger partial charge >= 0.3 is 7.82 Å². The molecule has 1 aliphatic heterocycles. The third kappa shape index (κ3) is 1.69. The van der Waals surface area contributed by atoms with Crippen LogP contribution < -0.4 is 4.52 Å². The summed E-state index contributed by atoms with van der Waals surface area (Å²) >= 11 is 1.35. The highest BCUT2D eigenvalue weighted by molar-refractivity contribution is 7.49. The van der Waals surface area contributed by atoms with Gasteiger partial charge in [0.15, 0.2) is 5.06 Å². The number of hydrogen-bond donors (Lipinski definition) is 0. The highest BCUT2D eigenvalue weighted by atomic mass is 32.1. The normalized spacial score (nSPS) is 21.0. The molecule has 6 heteroatoms. The second-order valence-electron chi connectivity index (χ2n) is 2.14. The fourth-order valence-corrected chi connectivity index (χ4v) is 2.77. The molecule has 0 atom stereocenters. The van der Waals surface area contributed by atoms with Crippen LogP contribution in [0.5, 0.6) is 5.06 Å². The Balaban J connectivity index is 2.07. The van der Waals surface area contributed by atoms with Crippen molar-refractivity contribution < 1.29 is 18.1 Å². The van der Waals surface area contributed by atoms with Crippen LogP contribution in [0, 0.1) is 0 Å². The number of rotatable bonds is 2. The van der Waals surface area contributed by atoms with Crippen molar-refractivity contribution in [1.29, 1.82) is 0 Å². The summed E-state index contributed by atoms with van der Waals surface area (Å²) in [6.45, 7) is 0.672. The fraction of sp³-hybridized carbons (Fsp3) is 0.333. The van der Waals surface area contributed by atoms with Gasteiger partial charge < -0.3 is 4.52 Å². The minimum Gasteiger partial charge on any atom is -0.394 e. The Kier molecular flexibility index (Phi) is 2.19. The van der Waals surface area contributed by atoms with Gasteiger partial charge in [-0.3, -0.25) is 9.05 Å². The van der Waals surface area contributed by atoms with Gasteiger partial charge in [-0.2, -0.15) is 0 Å². The summed E-state index contributed by atoms with van der Waals surface area (Å²) in [6.07, 6.45) is 0. The zero-order chi connectivity index (χ0) is 8.44. The Morgan fingerprint density at radius 2 is 2.25 bits per heavy atom. The summed E-state index contributed by atoms with van der Waals surface area (Å²) in [4.78, 5) is 0. The number of phosphoric ester groups is 1. The summed E-state index contributed by atoms with van der Waals surface area (Å²) in [7, 11) is -3.25. The molecular formula is C6H7O4PS. The van der Waals surface area contributed by atoms with E-state index in [-0.39, 0.29) is 0 Å². The Morgan fingerprint density at radius 1 is 1.50 bits per heavy atom. The molecule has 0 N–H and O–H groups in total. The molecule has 4 nitrogen and oxygen atoms in total. The molecular weight excluding hydrogens is 199 g/mol. The highest BCUT2D eigenvalue weighted by Crippen LogP contribution is 2.53. The van der Waals surface area contributed by atoms with Crippen LogP contribution in [0.15, 0.2) is 17.5 Å². The smallest absolute Gasteiger partial charge is 0.394 e. The van der Waals surface area contributed by atoms with E-state index in [4.69, 9.17) is 13.6 Å². The third-order valence-corrected chi connectivity index (χ3v) is 3.57. The lowest BCUT2D eigenvalue weighted by Gasteiger charge is -2.07. The first kappa shape index (κ1) is 8.26. The Bertz CT molecular complexity index is 287.